The van der Waals surface area contributed by atoms with Crippen molar-refractivity contribution in [2.75, 3.05) is 13.7 Å². The van der Waals surface area contributed by atoms with Gasteiger partial charge in [0.15, 0.2) is 8.32 Å². The molecule has 2 aliphatic heterocycles. The molecule has 3 rings (SSSR count). The Morgan fingerprint density at radius 2 is 2.07 bits per heavy atom. The molecule has 166 valence electrons. The Morgan fingerprint density at radius 3 is 2.63 bits per heavy atom. The van der Waals surface area contributed by atoms with Crippen molar-refractivity contribution in [3.05, 3.63) is 35.8 Å². The van der Waals surface area contributed by atoms with Crippen LogP contribution >= 0.6 is 0 Å². The van der Waals surface area contributed by atoms with Crippen LogP contribution in [0.15, 0.2) is 35.8 Å². The van der Waals surface area contributed by atoms with Crippen LogP contribution in [0.5, 0.6) is 0 Å². The molecule has 7 heteroatoms. The van der Waals surface area contributed by atoms with Gasteiger partial charge in [-0.2, -0.15) is 0 Å². The summed E-state index contributed by atoms with van der Waals surface area (Å²) in [5.41, 5.74) is 1.14. The van der Waals surface area contributed by atoms with Gasteiger partial charge in [0.1, 0.15) is 18.1 Å². The van der Waals surface area contributed by atoms with Gasteiger partial charge >= 0.3 is 5.97 Å². The molecule has 6 nitrogen and oxygen atoms in total. The number of allylic oxidation sites excluding steroid dienone is 2. The zero-order valence-electron chi connectivity index (χ0n) is 19.3. The Hall–Kier alpha value is -1.86. The molecule has 0 radical (unpaired) electrons. The number of amides is 1. The Balaban J connectivity index is 1.92. The summed E-state index contributed by atoms with van der Waals surface area (Å²) >= 11 is 0. The molecular formula is C23H35NO5Si. The van der Waals surface area contributed by atoms with Crippen LogP contribution in [0.2, 0.25) is 18.1 Å². The standard InChI is InChI=1S/C23H35NO5Si/c1-9-13-28-22(26)20-18-15(11-10-12-16(18)27-6)19-17(21(25)24(19)20)14(2)29-30(7,8)23(3,4)5/h9,12,14-15,17,19H,1,10-11,13H2,2-8H3/t14?,15-,17-,19+/m0/s1. The molecule has 1 unspecified atom stereocenters. The number of nitrogens with zero attached hydrogens (tertiary/aromatic N) is 1. The van der Waals surface area contributed by atoms with Crippen LogP contribution in [0.3, 0.4) is 0 Å². The number of carbonyl (C=O) groups is 2. The maximum atomic E-state index is 13.3. The highest BCUT2D eigenvalue weighted by atomic mass is 28.4. The van der Waals surface area contributed by atoms with Crippen molar-refractivity contribution in [3.8, 4) is 0 Å². The molecule has 0 aromatic heterocycles. The minimum absolute atomic E-state index is 0.0588. The van der Waals surface area contributed by atoms with E-state index in [4.69, 9.17) is 13.9 Å². The Bertz CT molecular complexity index is 807. The molecule has 0 saturated carbocycles. The molecule has 0 N–H and O–H groups in total. The second-order valence-corrected chi connectivity index (χ2v) is 14.7. The van der Waals surface area contributed by atoms with Crippen LogP contribution in [0.1, 0.15) is 40.5 Å². The lowest BCUT2D eigenvalue weighted by atomic mass is 9.73. The quantitative estimate of drug-likeness (QED) is 0.261. The van der Waals surface area contributed by atoms with Gasteiger partial charge in [-0.3, -0.25) is 4.79 Å². The highest BCUT2D eigenvalue weighted by Gasteiger charge is 2.63. The lowest BCUT2D eigenvalue weighted by Gasteiger charge is -2.50. The molecule has 0 aromatic carbocycles. The van der Waals surface area contributed by atoms with Gasteiger partial charge in [-0.05, 0) is 44.0 Å². The van der Waals surface area contributed by atoms with Crippen molar-refractivity contribution in [2.24, 2.45) is 11.8 Å². The van der Waals surface area contributed by atoms with Crippen molar-refractivity contribution in [1.82, 2.24) is 4.90 Å². The fourth-order valence-electron chi connectivity index (χ4n) is 4.61. The molecule has 2 heterocycles. The first kappa shape index (κ1) is 22.8. The van der Waals surface area contributed by atoms with Gasteiger partial charge in [0, 0.05) is 11.5 Å². The largest absolute Gasteiger partial charge is 0.497 e. The number of β-lactam (4-membered cyclic amide) rings is 1. The van der Waals surface area contributed by atoms with Gasteiger partial charge in [-0.25, -0.2) is 4.79 Å². The summed E-state index contributed by atoms with van der Waals surface area (Å²) in [5, 5.41) is 0.0588. The van der Waals surface area contributed by atoms with E-state index < -0.39 is 14.3 Å². The predicted octanol–water partition coefficient (Wildman–Crippen LogP) is 4.16. The second kappa shape index (κ2) is 8.00. The number of fused-ring (bicyclic) bond motifs is 3. The van der Waals surface area contributed by atoms with E-state index >= 15 is 0 Å². The highest BCUT2D eigenvalue weighted by molar-refractivity contribution is 6.74. The van der Waals surface area contributed by atoms with E-state index in [1.165, 1.54) is 6.08 Å². The fourth-order valence-corrected chi connectivity index (χ4v) is 6.04. The normalized spacial score (nSPS) is 27.0. The van der Waals surface area contributed by atoms with Gasteiger partial charge in [0.2, 0.25) is 5.91 Å². The third-order valence-corrected chi connectivity index (χ3v) is 11.7. The topological polar surface area (TPSA) is 65.1 Å². The first-order valence-corrected chi connectivity index (χ1v) is 13.6. The number of carbonyl (C=O) groups excluding carboxylic acids is 2. The van der Waals surface area contributed by atoms with E-state index in [0.29, 0.717) is 11.5 Å². The van der Waals surface area contributed by atoms with Crippen molar-refractivity contribution in [3.63, 3.8) is 0 Å². The van der Waals surface area contributed by atoms with Crippen molar-refractivity contribution >= 4 is 20.2 Å². The molecular weight excluding hydrogens is 398 g/mol. The molecule has 3 aliphatic rings. The first-order valence-electron chi connectivity index (χ1n) is 10.7. The summed E-state index contributed by atoms with van der Waals surface area (Å²) < 4.78 is 17.5. The third-order valence-electron chi connectivity index (χ3n) is 7.08. The molecule has 30 heavy (non-hydrogen) atoms. The summed E-state index contributed by atoms with van der Waals surface area (Å²) in [6.45, 7) is 16.7. The average molecular weight is 434 g/mol. The van der Waals surface area contributed by atoms with E-state index in [1.807, 2.05) is 13.0 Å². The van der Waals surface area contributed by atoms with Crippen molar-refractivity contribution in [2.45, 2.75) is 70.8 Å². The van der Waals surface area contributed by atoms with E-state index in [9.17, 15) is 9.59 Å². The zero-order chi connectivity index (χ0) is 22.4. The maximum absolute atomic E-state index is 13.3. The lowest BCUT2D eigenvalue weighted by Crippen LogP contribution is -2.65. The lowest BCUT2D eigenvalue weighted by molar-refractivity contribution is -0.163. The van der Waals surface area contributed by atoms with Crippen LogP contribution in [0.4, 0.5) is 0 Å². The van der Waals surface area contributed by atoms with Crippen LogP contribution in [-0.4, -0.2) is 51.0 Å². The highest BCUT2D eigenvalue weighted by Crippen LogP contribution is 2.53. The molecule has 1 fully saturated rings. The zero-order valence-corrected chi connectivity index (χ0v) is 20.3. The minimum Gasteiger partial charge on any atom is -0.497 e. The van der Waals surface area contributed by atoms with Gasteiger partial charge in [-0.1, -0.05) is 33.4 Å². The van der Waals surface area contributed by atoms with Crippen molar-refractivity contribution < 1.29 is 23.5 Å². The smallest absolute Gasteiger partial charge is 0.355 e. The van der Waals surface area contributed by atoms with E-state index in [-0.39, 0.29) is 41.5 Å². The van der Waals surface area contributed by atoms with Crippen LogP contribution in [0.25, 0.3) is 0 Å². The summed E-state index contributed by atoms with van der Waals surface area (Å²) in [7, 11) is -0.427. The van der Waals surface area contributed by atoms with E-state index in [0.717, 1.165) is 18.4 Å². The van der Waals surface area contributed by atoms with Gasteiger partial charge < -0.3 is 18.8 Å². The molecule has 0 aromatic rings. The number of methoxy groups -OCH3 is 1. The fraction of sp³-hybridized carbons (Fsp3) is 0.652. The molecule has 4 atom stereocenters. The summed E-state index contributed by atoms with van der Waals surface area (Å²) in [4.78, 5) is 27.8. The molecule has 1 aliphatic carbocycles. The summed E-state index contributed by atoms with van der Waals surface area (Å²) in [5.74, 6) is -0.0821. The maximum Gasteiger partial charge on any atom is 0.355 e. The molecule has 1 amide bonds. The number of esters is 1. The average Bonchev–Trinajstić information content (AvgIpc) is 2.95. The monoisotopic (exact) mass is 433 g/mol. The summed E-state index contributed by atoms with van der Waals surface area (Å²) in [6, 6.07) is -0.0857. The Labute approximate surface area is 181 Å². The van der Waals surface area contributed by atoms with Gasteiger partial charge in [0.25, 0.3) is 0 Å². The van der Waals surface area contributed by atoms with Gasteiger partial charge in [-0.15, -0.1) is 0 Å². The Kier molecular flexibility index (Phi) is 6.08. The minimum atomic E-state index is -2.03. The SMILES string of the molecule is C=CCOC(=O)C1=C2C(OC)=CCC[C@@H]2[C@@H]2[C@H](C(C)O[Si](C)(C)C(C)(C)C)C(=O)N12. The van der Waals surface area contributed by atoms with Crippen molar-refractivity contribution in [1.29, 1.82) is 0 Å². The number of rotatable bonds is 7. The predicted molar refractivity (Wildman–Crippen MR) is 118 cm³/mol. The number of ether oxygens (including phenoxy) is 2. The first-order chi connectivity index (χ1) is 14.0. The second-order valence-electron chi connectivity index (χ2n) is 9.91. The van der Waals surface area contributed by atoms with Crippen LogP contribution in [-0.2, 0) is 23.5 Å². The van der Waals surface area contributed by atoms with Crippen LogP contribution in [0, 0.1) is 11.8 Å². The molecule has 1 saturated heterocycles. The molecule has 0 bridgehead atoms. The Morgan fingerprint density at radius 1 is 1.40 bits per heavy atom. The number of hydrogen-bond acceptors (Lipinski definition) is 5. The molecule has 0 spiro atoms. The third kappa shape index (κ3) is 3.56. The van der Waals surface area contributed by atoms with Gasteiger partial charge in [0.05, 0.1) is 25.2 Å². The van der Waals surface area contributed by atoms with E-state index in [2.05, 4.69) is 40.4 Å². The van der Waals surface area contributed by atoms with Crippen LogP contribution < -0.4 is 0 Å². The number of hydrogen-bond donors (Lipinski definition) is 0. The summed E-state index contributed by atoms with van der Waals surface area (Å²) in [6.07, 6.45) is 5.04. The van der Waals surface area contributed by atoms with E-state index in [1.54, 1.807) is 12.0 Å².